The van der Waals surface area contributed by atoms with Crippen molar-refractivity contribution in [1.29, 1.82) is 0 Å². The van der Waals surface area contributed by atoms with E-state index in [1.54, 1.807) is 0 Å². The lowest BCUT2D eigenvalue weighted by Gasteiger charge is -2.37. The van der Waals surface area contributed by atoms with Crippen molar-refractivity contribution in [1.82, 2.24) is 19.9 Å². The number of anilines is 2. The summed E-state index contributed by atoms with van der Waals surface area (Å²) in [7, 11) is 0. The minimum Gasteiger partial charge on any atom is -0.368 e. The number of nitrogens with one attached hydrogen (secondary N) is 2. The summed E-state index contributed by atoms with van der Waals surface area (Å²) in [5, 5.41) is 0. The van der Waals surface area contributed by atoms with Crippen molar-refractivity contribution in [3.05, 3.63) is 48.0 Å². The molecule has 0 unspecified atom stereocenters. The van der Waals surface area contributed by atoms with Crippen LogP contribution in [0.4, 0.5) is 11.4 Å². The summed E-state index contributed by atoms with van der Waals surface area (Å²) < 4.78 is 0. The number of hydrogen-bond donors (Lipinski definition) is 2. The van der Waals surface area contributed by atoms with Crippen molar-refractivity contribution in [2.75, 3.05) is 36.0 Å². The molecule has 4 aromatic rings. The van der Waals surface area contributed by atoms with E-state index in [1.165, 1.54) is 11.4 Å². The van der Waals surface area contributed by atoms with Crippen LogP contribution < -0.4 is 9.80 Å². The summed E-state index contributed by atoms with van der Waals surface area (Å²) in [6, 6.07) is 13.0. The second kappa shape index (κ2) is 9.65. The highest BCUT2D eigenvalue weighted by Crippen LogP contribution is 2.25. The zero-order valence-corrected chi connectivity index (χ0v) is 19.1. The Labute approximate surface area is 179 Å². The van der Waals surface area contributed by atoms with Crippen molar-refractivity contribution in [2.24, 2.45) is 0 Å². The first kappa shape index (κ1) is 21.7. The van der Waals surface area contributed by atoms with Crippen LogP contribution in [0.3, 0.4) is 0 Å². The summed E-state index contributed by atoms with van der Waals surface area (Å²) in [6.07, 6.45) is 0. The summed E-state index contributed by atoms with van der Waals surface area (Å²) >= 11 is 0. The van der Waals surface area contributed by atoms with Gasteiger partial charge in [-0.15, -0.1) is 0 Å². The fourth-order valence-electron chi connectivity index (χ4n) is 3.87. The maximum absolute atomic E-state index is 4.49. The van der Waals surface area contributed by atoms with Crippen LogP contribution in [0.2, 0.25) is 0 Å². The first-order valence-corrected chi connectivity index (χ1v) is 11.1. The van der Waals surface area contributed by atoms with Gasteiger partial charge < -0.3 is 19.8 Å². The van der Waals surface area contributed by atoms with Crippen LogP contribution >= 0.6 is 0 Å². The number of aromatic amines is 2. The molecular weight excluding hydrogens is 372 g/mol. The molecule has 1 aliphatic heterocycles. The van der Waals surface area contributed by atoms with Gasteiger partial charge in [0.15, 0.2) is 0 Å². The SMILES string of the molecule is CC.CC.Cc1nc2ccc(N3CCN(c4ccc5nc(C)[nH]c5c4)CC3)cc2[nH]1. The number of imidazole rings is 2. The third-order valence-electron chi connectivity index (χ3n) is 5.18. The third-order valence-corrected chi connectivity index (χ3v) is 5.18. The molecule has 2 aromatic heterocycles. The smallest absolute Gasteiger partial charge is 0.104 e. The Hall–Kier alpha value is -3.02. The topological polar surface area (TPSA) is 63.8 Å². The molecule has 5 rings (SSSR count). The van der Waals surface area contributed by atoms with E-state index in [-0.39, 0.29) is 0 Å². The van der Waals surface area contributed by atoms with E-state index in [1.807, 2.05) is 41.5 Å². The van der Waals surface area contributed by atoms with Crippen molar-refractivity contribution in [3.63, 3.8) is 0 Å². The van der Waals surface area contributed by atoms with Crippen LogP contribution in [-0.4, -0.2) is 46.1 Å². The normalized spacial score (nSPS) is 13.7. The molecule has 0 bridgehead atoms. The Bertz CT molecular complexity index is 998. The highest BCUT2D eigenvalue weighted by atomic mass is 15.3. The maximum Gasteiger partial charge on any atom is 0.104 e. The molecule has 6 nitrogen and oxygen atoms in total. The summed E-state index contributed by atoms with van der Waals surface area (Å²) in [5.41, 5.74) is 6.83. The van der Waals surface area contributed by atoms with Gasteiger partial charge in [0.25, 0.3) is 0 Å². The largest absolute Gasteiger partial charge is 0.368 e. The highest BCUT2D eigenvalue weighted by Gasteiger charge is 2.18. The van der Waals surface area contributed by atoms with E-state index in [9.17, 15) is 0 Å². The van der Waals surface area contributed by atoms with Gasteiger partial charge in [-0.05, 0) is 50.2 Å². The van der Waals surface area contributed by atoms with E-state index >= 15 is 0 Å². The van der Waals surface area contributed by atoms with Crippen molar-refractivity contribution >= 4 is 33.4 Å². The van der Waals surface area contributed by atoms with Crippen molar-refractivity contribution in [2.45, 2.75) is 41.5 Å². The Kier molecular flexibility index (Phi) is 6.98. The summed E-state index contributed by atoms with van der Waals surface area (Å²) in [4.78, 5) is 20.5. The number of rotatable bonds is 2. The molecule has 0 spiro atoms. The second-order valence-electron chi connectivity index (χ2n) is 7.02. The molecule has 1 aliphatic rings. The van der Waals surface area contributed by atoms with E-state index in [0.717, 1.165) is 59.9 Å². The molecule has 0 saturated carbocycles. The number of aryl methyl sites for hydroxylation is 2. The molecule has 0 aliphatic carbocycles. The number of benzene rings is 2. The maximum atomic E-state index is 4.49. The first-order valence-electron chi connectivity index (χ1n) is 11.1. The number of piperazine rings is 1. The second-order valence-corrected chi connectivity index (χ2v) is 7.02. The fourth-order valence-corrected chi connectivity index (χ4v) is 3.87. The lowest BCUT2D eigenvalue weighted by atomic mass is 10.2. The van der Waals surface area contributed by atoms with Gasteiger partial charge in [-0.25, -0.2) is 9.97 Å². The molecule has 30 heavy (non-hydrogen) atoms. The van der Waals surface area contributed by atoms with Gasteiger partial charge in [-0.1, -0.05) is 27.7 Å². The van der Waals surface area contributed by atoms with Gasteiger partial charge in [0, 0.05) is 37.6 Å². The van der Waals surface area contributed by atoms with E-state index in [4.69, 9.17) is 0 Å². The van der Waals surface area contributed by atoms with Gasteiger partial charge in [0.1, 0.15) is 11.6 Å². The minimum absolute atomic E-state index is 0.964. The number of hydrogen-bond acceptors (Lipinski definition) is 4. The first-order chi connectivity index (χ1) is 14.7. The number of nitrogens with zero attached hydrogens (tertiary/aromatic N) is 4. The average Bonchev–Trinajstić information content (AvgIpc) is 3.35. The zero-order chi connectivity index (χ0) is 21.7. The Balaban J connectivity index is 0.000000606. The molecule has 2 aromatic carbocycles. The Morgan fingerprint density at radius 2 is 1.00 bits per heavy atom. The standard InChI is InChI=1S/C20H22N6.2C2H6/c1-13-21-17-5-3-15(11-19(17)23-13)25-7-9-26(10-8-25)16-4-6-18-20(12-16)24-14(2)22-18;2*1-2/h3-6,11-12H,7-10H2,1-2H3,(H,21,23)(H,22,24);2*1-2H3. The lowest BCUT2D eigenvalue weighted by molar-refractivity contribution is 0.654. The minimum atomic E-state index is 0.964. The monoisotopic (exact) mass is 406 g/mol. The Morgan fingerprint density at radius 1 is 0.633 bits per heavy atom. The van der Waals surface area contributed by atoms with Gasteiger partial charge in [0.2, 0.25) is 0 Å². The third kappa shape index (κ3) is 4.42. The van der Waals surface area contributed by atoms with Crippen LogP contribution in [0.15, 0.2) is 36.4 Å². The van der Waals surface area contributed by atoms with E-state index < -0.39 is 0 Å². The van der Waals surface area contributed by atoms with Crippen molar-refractivity contribution in [3.8, 4) is 0 Å². The molecule has 0 atom stereocenters. The van der Waals surface area contributed by atoms with E-state index in [0.29, 0.717) is 0 Å². The summed E-state index contributed by atoms with van der Waals surface area (Å²) in [6.45, 7) is 16.0. The van der Waals surface area contributed by atoms with Gasteiger partial charge in [0.05, 0.1) is 22.1 Å². The molecule has 1 fully saturated rings. The molecule has 0 amide bonds. The van der Waals surface area contributed by atoms with Gasteiger partial charge in [-0.2, -0.15) is 0 Å². The predicted molar refractivity (Wildman–Crippen MR) is 129 cm³/mol. The van der Waals surface area contributed by atoms with Crippen LogP contribution in [0.25, 0.3) is 22.1 Å². The van der Waals surface area contributed by atoms with Crippen LogP contribution in [-0.2, 0) is 0 Å². The Morgan fingerprint density at radius 3 is 1.37 bits per heavy atom. The van der Waals surface area contributed by atoms with Crippen LogP contribution in [0.5, 0.6) is 0 Å². The van der Waals surface area contributed by atoms with Crippen LogP contribution in [0, 0.1) is 13.8 Å². The molecule has 2 N–H and O–H groups in total. The molecular formula is C24H34N6. The predicted octanol–water partition coefficient (Wildman–Crippen LogP) is 5.44. The molecule has 6 heteroatoms. The zero-order valence-electron chi connectivity index (χ0n) is 19.1. The lowest BCUT2D eigenvalue weighted by Crippen LogP contribution is -2.46. The fraction of sp³-hybridized carbons (Fsp3) is 0.417. The van der Waals surface area contributed by atoms with Crippen molar-refractivity contribution < 1.29 is 0 Å². The van der Waals surface area contributed by atoms with Gasteiger partial charge in [-0.3, -0.25) is 0 Å². The molecule has 1 saturated heterocycles. The number of H-pyrrole nitrogens is 2. The van der Waals surface area contributed by atoms with Gasteiger partial charge >= 0.3 is 0 Å². The van der Waals surface area contributed by atoms with E-state index in [2.05, 4.69) is 66.1 Å². The highest BCUT2D eigenvalue weighted by molar-refractivity contribution is 5.81. The molecule has 3 heterocycles. The average molecular weight is 407 g/mol. The van der Waals surface area contributed by atoms with Crippen LogP contribution in [0.1, 0.15) is 39.3 Å². The summed E-state index contributed by atoms with van der Waals surface area (Å²) in [5.74, 6) is 1.93. The number of aromatic nitrogens is 4. The number of fused-ring (bicyclic) bond motifs is 2. The quantitative estimate of drug-likeness (QED) is 0.465. The molecule has 0 radical (unpaired) electrons. The molecule has 160 valence electrons.